The molecule has 3 nitrogen and oxygen atoms in total. The van der Waals surface area contributed by atoms with Crippen molar-refractivity contribution in [2.75, 3.05) is 27.2 Å². The third kappa shape index (κ3) is 3.47. The summed E-state index contributed by atoms with van der Waals surface area (Å²) >= 11 is 0. The van der Waals surface area contributed by atoms with E-state index in [4.69, 9.17) is 10.5 Å². The zero-order valence-corrected chi connectivity index (χ0v) is 8.61. The van der Waals surface area contributed by atoms with Gasteiger partial charge in [0.1, 0.15) is 6.10 Å². The molecule has 0 saturated heterocycles. The van der Waals surface area contributed by atoms with Gasteiger partial charge in [-0.25, -0.2) is 4.39 Å². The SMILES string of the molecule is CN(C)CCOC1C=CC(N)=CC1F. The first-order chi connectivity index (χ1) is 6.59. The quantitative estimate of drug-likeness (QED) is 0.725. The van der Waals surface area contributed by atoms with Crippen LogP contribution in [0.3, 0.4) is 0 Å². The van der Waals surface area contributed by atoms with Gasteiger partial charge in [0.2, 0.25) is 0 Å². The predicted octanol–water partition coefficient (Wildman–Crippen LogP) is 0.684. The highest BCUT2D eigenvalue weighted by atomic mass is 19.1. The Morgan fingerprint density at radius 2 is 2.29 bits per heavy atom. The van der Waals surface area contributed by atoms with Crippen molar-refractivity contribution in [1.82, 2.24) is 4.90 Å². The number of allylic oxidation sites excluding steroid dienone is 1. The molecule has 1 aliphatic rings. The van der Waals surface area contributed by atoms with E-state index in [0.717, 1.165) is 6.54 Å². The standard InChI is InChI=1S/C10H17FN2O/c1-13(2)5-6-14-10-4-3-8(12)7-9(10)11/h3-4,7,9-10H,5-6,12H2,1-2H3. The zero-order valence-electron chi connectivity index (χ0n) is 8.61. The minimum atomic E-state index is -1.12. The van der Waals surface area contributed by atoms with Crippen molar-refractivity contribution in [2.45, 2.75) is 12.3 Å². The highest BCUT2D eigenvalue weighted by Gasteiger charge is 2.19. The lowest BCUT2D eigenvalue weighted by Gasteiger charge is -2.20. The van der Waals surface area contributed by atoms with E-state index in [-0.39, 0.29) is 0 Å². The van der Waals surface area contributed by atoms with Crippen molar-refractivity contribution < 1.29 is 9.13 Å². The van der Waals surface area contributed by atoms with Crippen LogP contribution >= 0.6 is 0 Å². The van der Waals surface area contributed by atoms with Gasteiger partial charge in [0, 0.05) is 12.2 Å². The molecule has 80 valence electrons. The second-order valence-corrected chi connectivity index (χ2v) is 3.61. The van der Waals surface area contributed by atoms with Gasteiger partial charge in [-0.2, -0.15) is 0 Å². The van der Waals surface area contributed by atoms with Gasteiger partial charge >= 0.3 is 0 Å². The van der Waals surface area contributed by atoms with Crippen LogP contribution in [0.15, 0.2) is 23.9 Å². The van der Waals surface area contributed by atoms with Gasteiger partial charge in [0.15, 0.2) is 6.17 Å². The molecule has 1 rings (SSSR count). The average Bonchev–Trinajstić information content (AvgIpc) is 2.08. The summed E-state index contributed by atoms with van der Waals surface area (Å²) in [6.07, 6.45) is 3.11. The summed E-state index contributed by atoms with van der Waals surface area (Å²) in [5.41, 5.74) is 5.90. The average molecular weight is 200 g/mol. The lowest BCUT2D eigenvalue weighted by atomic mass is 10.1. The Labute approximate surface area is 84.0 Å². The van der Waals surface area contributed by atoms with E-state index in [1.165, 1.54) is 6.08 Å². The zero-order chi connectivity index (χ0) is 10.6. The number of nitrogens with zero attached hydrogens (tertiary/aromatic N) is 1. The molecule has 2 atom stereocenters. The molecular weight excluding hydrogens is 183 g/mol. The van der Waals surface area contributed by atoms with Crippen molar-refractivity contribution in [3.05, 3.63) is 23.9 Å². The highest BCUT2D eigenvalue weighted by Crippen LogP contribution is 2.14. The molecule has 0 bridgehead atoms. The van der Waals surface area contributed by atoms with Crippen LogP contribution in [0.5, 0.6) is 0 Å². The minimum Gasteiger partial charge on any atom is -0.399 e. The van der Waals surface area contributed by atoms with Crippen LogP contribution in [-0.4, -0.2) is 44.4 Å². The maximum atomic E-state index is 13.3. The lowest BCUT2D eigenvalue weighted by Crippen LogP contribution is -2.29. The molecule has 4 heteroatoms. The third-order valence-corrected chi connectivity index (χ3v) is 1.99. The summed E-state index contributed by atoms with van der Waals surface area (Å²) in [5.74, 6) is 0. The Kier molecular flexibility index (Phi) is 4.10. The van der Waals surface area contributed by atoms with Gasteiger partial charge in [0.05, 0.1) is 6.61 Å². The van der Waals surface area contributed by atoms with E-state index >= 15 is 0 Å². The Hall–Kier alpha value is -0.870. The topological polar surface area (TPSA) is 38.5 Å². The van der Waals surface area contributed by atoms with Crippen molar-refractivity contribution >= 4 is 0 Å². The van der Waals surface area contributed by atoms with Crippen LogP contribution in [0.1, 0.15) is 0 Å². The normalized spacial score (nSPS) is 26.7. The molecule has 0 amide bonds. The monoisotopic (exact) mass is 200 g/mol. The van der Waals surface area contributed by atoms with Gasteiger partial charge < -0.3 is 15.4 Å². The Balaban J connectivity index is 2.30. The fourth-order valence-corrected chi connectivity index (χ4v) is 1.17. The van der Waals surface area contributed by atoms with Crippen LogP contribution in [0.25, 0.3) is 0 Å². The van der Waals surface area contributed by atoms with Gasteiger partial charge in [0.25, 0.3) is 0 Å². The molecule has 2 N–H and O–H groups in total. The van der Waals surface area contributed by atoms with E-state index in [2.05, 4.69) is 0 Å². The number of likely N-dealkylation sites (N-methyl/N-ethyl adjacent to an activating group) is 1. The predicted molar refractivity (Wildman–Crippen MR) is 54.6 cm³/mol. The van der Waals surface area contributed by atoms with Gasteiger partial charge in [-0.05, 0) is 26.2 Å². The Morgan fingerprint density at radius 1 is 1.57 bits per heavy atom. The van der Waals surface area contributed by atoms with Crippen LogP contribution < -0.4 is 5.73 Å². The fraction of sp³-hybridized carbons (Fsp3) is 0.600. The smallest absolute Gasteiger partial charge is 0.150 e. The highest BCUT2D eigenvalue weighted by molar-refractivity contribution is 5.24. The van der Waals surface area contributed by atoms with E-state index < -0.39 is 12.3 Å². The van der Waals surface area contributed by atoms with E-state index in [1.54, 1.807) is 12.2 Å². The van der Waals surface area contributed by atoms with E-state index in [1.807, 2.05) is 19.0 Å². The maximum Gasteiger partial charge on any atom is 0.150 e. The molecule has 0 aromatic carbocycles. The largest absolute Gasteiger partial charge is 0.399 e. The molecule has 0 aromatic heterocycles. The maximum absolute atomic E-state index is 13.3. The fourth-order valence-electron chi connectivity index (χ4n) is 1.17. The van der Waals surface area contributed by atoms with Crippen LogP contribution in [-0.2, 0) is 4.74 Å². The molecule has 0 radical (unpaired) electrons. The lowest BCUT2D eigenvalue weighted by molar-refractivity contribution is 0.0355. The first-order valence-corrected chi connectivity index (χ1v) is 4.65. The number of halogens is 1. The van der Waals surface area contributed by atoms with E-state index in [9.17, 15) is 4.39 Å². The van der Waals surface area contributed by atoms with Gasteiger partial charge in [-0.1, -0.05) is 6.08 Å². The second-order valence-electron chi connectivity index (χ2n) is 3.61. The summed E-state index contributed by atoms with van der Waals surface area (Å²) in [7, 11) is 3.90. The van der Waals surface area contributed by atoms with Gasteiger partial charge in [-0.15, -0.1) is 0 Å². The third-order valence-electron chi connectivity index (χ3n) is 1.99. The summed E-state index contributed by atoms with van der Waals surface area (Å²) in [6, 6.07) is 0. The second kappa shape index (κ2) is 5.12. The molecule has 0 saturated carbocycles. The molecular formula is C10H17FN2O. The molecule has 0 fully saturated rings. The van der Waals surface area contributed by atoms with Gasteiger partial charge in [-0.3, -0.25) is 0 Å². The first kappa shape index (κ1) is 11.2. The Morgan fingerprint density at radius 3 is 2.86 bits per heavy atom. The number of rotatable bonds is 4. The van der Waals surface area contributed by atoms with Crippen LogP contribution in [0.2, 0.25) is 0 Å². The minimum absolute atomic E-state index is 0.463. The van der Waals surface area contributed by atoms with Crippen molar-refractivity contribution in [3.8, 4) is 0 Å². The molecule has 0 aliphatic heterocycles. The summed E-state index contributed by atoms with van der Waals surface area (Å²) in [4.78, 5) is 1.99. The van der Waals surface area contributed by atoms with Crippen molar-refractivity contribution in [3.63, 3.8) is 0 Å². The molecule has 14 heavy (non-hydrogen) atoms. The summed E-state index contributed by atoms with van der Waals surface area (Å²) in [5, 5.41) is 0. The molecule has 0 heterocycles. The molecule has 2 unspecified atom stereocenters. The summed E-state index contributed by atoms with van der Waals surface area (Å²) < 4.78 is 18.6. The summed E-state index contributed by atoms with van der Waals surface area (Å²) in [6.45, 7) is 1.31. The first-order valence-electron chi connectivity index (χ1n) is 4.65. The number of ether oxygens (including phenoxy) is 1. The number of nitrogens with two attached hydrogens (primary N) is 1. The molecule has 0 aromatic rings. The number of hydrogen-bond acceptors (Lipinski definition) is 3. The molecule has 1 aliphatic carbocycles. The number of alkyl halides is 1. The molecule has 0 spiro atoms. The van der Waals surface area contributed by atoms with Crippen molar-refractivity contribution in [2.24, 2.45) is 5.73 Å². The number of hydrogen-bond donors (Lipinski definition) is 1. The van der Waals surface area contributed by atoms with Crippen LogP contribution in [0.4, 0.5) is 4.39 Å². The van der Waals surface area contributed by atoms with Crippen molar-refractivity contribution in [1.29, 1.82) is 0 Å². The Bertz CT molecular complexity index is 238. The van der Waals surface area contributed by atoms with Crippen LogP contribution in [0, 0.1) is 0 Å². The van der Waals surface area contributed by atoms with E-state index in [0.29, 0.717) is 12.3 Å².